The first kappa shape index (κ1) is 15.3. The molecule has 2 rings (SSSR count). The number of aliphatic hydroxyl groups is 1. The summed E-state index contributed by atoms with van der Waals surface area (Å²) in [5, 5.41) is 9.84. The van der Waals surface area contributed by atoms with Crippen molar-refractivity contribution in [2.45, 2.75) is 65.0 Å². The molecule has 1 aromatic rings. The van der Waals surface area contributed by atoms with Crippen LogP contribution in [0.1, 0.15) is 64.7 Å². The molecule has 1 aromatic heterocycles. The first-order valence-corrected chi connectivity index (χ1v) is 8.02. The summed E-state index contributed by atoms with van der Waals surface area (Å²) in [6, 6.07) is 4.77. The number of aromatic nitrogens is 1. The first-order valence-electron chi connectivity index (χ1n) is 8.02. The molecule has 1 aliphatic rings. The van der Waals surface area contributed by atoms with Crippen molar-refractivity contribution in [3.05, 3.63) is 24.0 Å². The molecule has 0 aromatic carbocycles. The van der Waals surface area contributed by atoms with Gasteiger partial charge in [-0.15, -0.1) is 0 Å². The summed E-state index contributed by atoms with van der Waals surface area (Å²) >= 11 is 0. The van der Waals surface area contributed by atoms with Crippen LogP contribution < -0.4 is 4.90 Å². The van der Waals surface area contributed by atoms with Crippen LogP contribution in [0.4, 0.5) is 5.69 Å². The largest absolute Gasteiger partial charge is 0.387 e. The third-order valence-electron chi connectivity index (χ3n) is 4.16. The Morgan fingerprint density at radius 1 is 1.30 bits per heavy atom. The highest BCUT2D eigenvalue weighted by molar-refractivity contribution is 5.46. The molecule has 0 bridgehead atoms. The van der Waals surface area contributed by atoms with Gasteiger partial charge in [-0.3, -0.25) is 4.98 Å². The van der Waals surface area contributed by atoms with Crippen molar-refractivity contribution in [2.24, 2.45) is 5.92 Å². The van der Waals surface area contributed by atoms with Gasteiger partial charge in [-0.05, 0) is 37.3 Å². The van der Waals surface area contributed by atoms with Crippen LogP contribution in [0.15, 0.2) is 18.3 Å². The molecule has 20 heavy (non-hydrogen) atoms. The average molecular weight is 276 g/mol. The second-order valence-electron chi connectivity index (χ2n) is 6.35. The molecule has 1 saturated carbocycles. The summed E-state index contributed by atoms with van der Waals surface area (Å²) in [5.41, 5.74) is 1.99. The minimum absolute atomic E-state index is 0.436. The van der Waals surface area contributed by atoms with Crippen molar-refractivity contribution in [1.82, 2.24) is 4.98 Å². The van der Waals surface area contributed by atoms with Crippen LogP contribution in [0.25, 0.3) is 0 Å². The smallest absolute Gasteiger partial charge is 0.0957 e. The molecule has 0 saturated heterocycles. The van der Waals surface area contributed by atoms with Crippen LogP contribution in [0.5, 0.6) is 0 Å². The maximum Gasteiger partial charge on any atom is 0.0957 e. The molecule has 1 heterocycles. The number of rotatable bonds is 6. The Morgan fingerprint density at radius 3 is 2.50 bits per heavy atom. The van der Waals surface area contributed by atoms with Gasteiger partial charge >= 0.3 is 0 Å². The van der Waals surface area contributed by atoms with E-state index in [-0.39, 0.29) is 0 Å². The Balaban J connectivity index is 2.15. The Hall–Kier alpha value is -1.09. The van der Waals surface area contributed by atoms with Gasteiger partial charge in [0.15, 0.2) is 0 Å². The third kappa shape index (κ3) is 3.72. The lowest BCUT2D eigenvalue weighted by molar-refractivity contribution is 0.169. The predicted molar refractivity (Wildman–Crippen MR) is 83.9 cm³/mol. The molecule has 112 valence electrons. The summed E-state index contributed by atoms with van der Waals surface area (Å²) < 4.78 is 0. The van der Waals surface area contributed by atoms with Gasteiger partial charge in [0.05, 0.1) is 23.7 Å². The molecule has 1 unspecified atom stereocenters. The van der Waals surface area contributed by atoms with E-state index in [1.54, 1.807) is 0 Å². The molecule has 0 amide bonds. The summed E-state index contributed by atoms with van der Waals surface area (Å²) in [5.74, 6) is 0.650. The lowest BCUT2D eigenvalue weighted by Crippen LogP contribution is -2.36. The van der Waals surface area contributed by atoms with Gasteiger partial charge in [0, 0.05) is 12.6 Å². The number of pyridine rings is 1. The minimum Gasteiger partial charge on any atom is -0.387 e. The fourth-order valence-electron chi connectivity index (χ4n) is 3.05. The zero-order valence-corrected chi connectivity index (χ0v) is 13.0. The van der Waals surface area contributed by atoms with Gasteiger partial charge in [-0.2, -0.15) is 0 Å². The highest BCUT2D eigenvalue weighted by Gasteiger charge is 2.23. The van der Waals surface area contributed by atoms with Gasteiger partial charge in [-0.1, -0.05) is 33.6 Å². The van der Waals surface area contributed by atoms with Crippen LogP contribution in [0, 0.1) is 5.92 Å². The molecular weight excluding hydrogens is 248 g/mol. The Kier molecular flexibility index (Phi) is 5.41. The van der Waals surface area contributed by atoms with E-state index in [4.69, 9.17) is 0 Å². The summed E-state index contributed by atoms with van der Waals surface area (Å²) in [7, 11) is 0. The highest BCUT2D eigenvalue weighted by atomic mass is 16.3. The van der Waals surface area contributed by atoms with Crippen molar-refractivity contribution in [2.75, 3.05) is 11.4 Å². The number of anilines is 1. The fraction of sp³-hybridized carbons (Fsp3) is 0.706. The third-order valence-corrected chi connectivity index (χ3v) is 4.16. The van der Waals surface area contributed by atoms with Gasteiger partial charge in [0.25, 0.3) is 0 Å². The van der Waals surface area contributed by atoms with Crippen molar-refractivity contribution in [3.63, 3.8) is 0 Å². The maximum atomic E-state index is 9.84. The fourth-order valence-corrected chi connectivity index (χ4v) is 3.05. The van der Waals surface area contributed by atoms with Gasteiger partial charge < -0.3 is 10.0 Å². The Morgan fingerprint density at radius 2 is 2.00 bits per heavy atom. The molecule has 3 heteroatoms. The van der Waals surface area contributed by atoms with Crippen LogP contribution in [-0.4, -0.2) is 22.7 Å². The summed E-state index contributed by atoms with van der Waals surface area (Å²) in [6.07, 6.45) is 7.50. The minimum atomic E-state index is -0.436. The summed E-state index contributed by atoms with van der Waals surface area (Å²) in [4.78, 5) is 6.98. The quantitative estimate of drug-likeness (QED) is 0.855. The van der Waals surface area contributed by atoms with Gasteiger partial charge in [-0.25, -0.2) is 0 Å². The Labute approximate surface area is 123 Å². The molecule has 0 spiro atoms. The molecule has 1 aliphatic carbocycles. The molecule has 3 nitrogen and oxygen atoms in total. The molecule has 0 aliphatic heterocycles. The van der Waals surface area contributed by atoms with E-state index in [2.05, 4.69) is 29.8 Å². The molecule has 1 atom stereocenters. The SMILES string of the molecule is CCC(O)c1ccc(N(CC(C)C)C2CCCC2)cn1. The molecular formula is C17H28N2O. The van der Waals surface area contributed by atoms with E-state index < -0.39 is 6.10 Å². The zero-order valence-electron chi connectivity index (χ0n) is 13.0. The summed E-state index contributed by atoms with van der Waals surface area (Å²) in [6.45, 7) is 7.60. The van der Waals surface area contributed by atoms with E-state index in [1.807, 2.05) is 19.2 Å². The lowest BCUT2D eigenvalue weighted by atomic mass is 10.1. The van der Waals surface area contributed by atoms with E-state index >= 15 is 0 Å². The van der Waals surface area contributed by atoms with Crippen LogP contribution in [0.3, 0.4) is 0 Å². The number of hydrogen-bond donors (Lipinski definition) is 1. The number of aliphatic hydroxyl groups excluding tert-OH is 1. The van der Waals surface area contributed by atoms with E-state index in [9.17, 15) is 5.11 Å². The number of nitrogens with zero attached hydrogens (tertiary/aromatic N) is 2. The number of hydrogen-bond acceptors (Lipinski definition) is 3. The predicted octanol–water partition coefficient (Wildman–Crippen LogP) is 3.93. The monoisotopic (exact) mass is 276 g/mol. The second kappa shape index (κ2) is 7.07. The van der Waals surface area contributed by atoms with Crippen LogP contribution in [-0.2, 0) is 0 Å². The lowest BCUT2D eigenvalue weighted by Gasteiger charge is -2.32. The van der Waals surface area contributed by atoms with Gasteiger partial charge in [0.1, 0.15) is 0 Å². The van der Waals surface area contributed by atoms with Crippen LogP contribution >= 0.6 is 0 Å². The molecule has 1 fully saturated rings. The van der Waals surface area contributed by atoms with Crippen molar-refractivity contribution >= 4 is 5.69 Å². The van der Waals surface area contributed by atoms with Crippen molar-refractivity contribution in [3.8, 4) is 0 Å². The first-order chi connectivity index (χ1) is 9.61. The van der Waals surface area contributed by atoms with E-state index in [1.165, 1.54) is 31.4 Å². The maximum absolute atomic E-state index is 9.84. The zero-order chi connectivity index (χ0) is 14.5. The van der Waals surface area contributed by atoms with Crippen molar-refractivity contribution in [1.29, 1.82) is 0 Å². The molecule has 1 N–H and O–H groups in total. The average Bonchev–Trinajstić information content (AvgIpc) is 2.98. The normalized spacial score (nSPS) is 17.6. The van der Waals surface area contributed by atoms with Crippen LogP contribution in [0.2, 0.25) is 0 Å². The van der Waals surface area contributed by atoms with Crippen molar-refractivity contribution < 1.29 is 5.11 Å². The molecule has 0 radical (unpaired) electrons. The van der Waals surface area contributed by atoms with Gasteiger partial charge in [0.2, 0.25) is 0 Å². The second-order valence-corrected chi connectivity index (χ2v) is 6.35. The Bertz CT molecular complexity index is 396. The van der Waals surface area contributed by atoms with E-state index in [0.29, 0.717) is 18.4 Å². The van der Waals surface area contributed by atoms with E-state index in [0.717, 1.165) is 12.2 Å². The highest BCUT2D eigenvalue weighted by Crippen LogP contribution is 2.29. The standard InChI is InChI=1S/C17H28N2O/c1-4-17(20)16-10-9-15(11-18-16)19(12-13(2)3)14-7-5-6-8-14/h9-11,13-14,17,20H,4-8,12H2,1-3H3. The topological polar surface area (TPSA) is 36.4 Å².